The Bertz CT molecular complexity index is 1340. The van der Waals surface area contributed by atoms with E-state index < -0.39 is 0 Å². The number of hydrogen-bond acceptors (Lipinski definition) is 8. The third-order valence-corrected chi connectivity index (χ3v) is 6.84. The molecule has 0 saturated carbocycles. The van der Waals surface area contributed by atoms with Crippen LogP contribution in [0.25, 0.3) is 10.8 Å². The predicted molar refractivity (Wildman–Crippen MR) is 135 cm³/mol. The second-order valence-corrected chi connectivity index (χ2v) is 9.07. The van der Waals surface area contributed by atoms with Crippen LogP contribution in [0.1, 0.15) is 35.7 Å². The van der Waals surface area contributed by atoms with Crippen LogP contribution < -0.4 is 20.4 Å². The third kappa shape index (κ3) is 4.21. The van der Waals surface area contributed by atoms with Crippen LogP contribution in [0, 0.1) is 0 Å². The van der Waals surface area contributed by atoms with Crippen LogP contribution in [0.5, 0.6) is 17.2 Å². The number of carbonyl (C=O) groups is 2. The van der Waals surface area contributed by atoms with Crippen molar-refractivity contribution in [3.05, 3.63) is 53.6 Å². The summed E-state index contributed by atoms with van der Waals surface area (Å²) >= 11 is 0. The van der Waals surface area contributed by atoms with Gasteiger partial charge in [-0.05, 0) is 36.3 Å². The van der Waals surface area contributed by atoms with E-state index in [1.165, 1.54) is 14.0 Å². The molecule has 0 aliphatic carbocycles. The number of benzene rings is 3. The third-order valence-electron chi connectivity index (χ3n) is 6.84. The fourth-order valence-electron chi connectivity index (χ4n) is 5.07. The molecule has 0 unspecified atom stereocenters. The number of nitrogen functional groups attached to an aromatic ring is 1. The maximum absolute atomic E-state index is 13.3. The fraction of sp³-hybridized carbons (Fsp3) is 0.333. The van der Waals surface area contributed by atoms with Crippen molar-refractivity contribution < 1.29 is 29.0 Å². The Labute approximate surface area is 208 Å². The van der Waals surface area contributed by atoms with E-state index in [1.54, 1.807) is 28.2 Å². The van der Waals surface area contributed by atoms with Crippen LogP contribution in [-0.2, 0) is 16.0 Å². The minimum absolute atomic E-state index is 0.162. The van der Waals surface area contributed by atoms with Crippen molar-refractivity contribution in [2.75, 3.05) is 37.6 Å². The molecule has 2 aliphatic heterocycles. The molecule has 9 nitrogen and oxygen atoms in total. The Morgan fingerprint density at radius 1 is 1.11 bits per heavy atom. The molecular formula is C27H29N3O6. The summed E-state index contributed by atoms with van der Waals surface area (Å²) in [7, 11) is 1.50. The number of hydroxylamine groups is 1. The number of anilines is 2. The molecule has 0 radical (unpaired) electrons. The first-order valence-electron chi connectivity index (χ1n) is 12.0. The number of rotatable bonds is 6. The molecule has 1 saturated heterocycles. The molecule has 0 aromatic heterocycles. The topological polar surface area (TPSA) is 115 Å². The second-order valence-electron chi connectivity index (χ2n) is 9.07. The van der Waals surface area contributed by atoms with Crippen molar-refractivity contribution >= 4 is 34.0 Å². The summed E-state index contributed by atoms with van der Waals surface area (Å²) in [5, 5.41) is 14.1. The van der Waals surface area contributed by atoms with E-state index in [9.17, 15) is 14.7 Å². The van der Waals surface area contributed by atoms with E-state index in [0.29, 0.717) is 30.2 Å². The molecule has 36 heavy (non-hydrogen) atoms. The smallest absolute Gasteiger partial charge is 0.302 e. The fourth-order valence-corrected chi connectivity index (χ4v) is 5.07. The Hall–Kier alpha value is -4.14. The molecule has 3 aromatic rings. The SMILES string of the molecule is COc1cc(C(=O)N2CCC[C@H]2COC(C)=O)c(N)cc1ON1CCc2c1cc(O)c1ccccc21. The number of methoxy groups -OCH3 is 1. The van der Waals surface area contributed by atoms with Gasteiger partial charge in [-0.25, -0.2) is 5.06 Å². The van der Waals surface area contributed by atoms with Gasteiger partial charge in [-0.3, -0.25) is 9.59 Å². The largest absolute Gasteiger partial charge is 0.507 e. The lowest BCUT2D eigenvalue weighted by Crippen LogP contribution is -2.39. The van der Waals surface area contributed by atoms with E-state index in [0.717, 1.165) is 41.3 Å². The van der Waals surface area contributed by atoms with Crippen molar-refractivity contribution in [1.82, 2.24) is 4.90 Å². The van der Waals surface area contributed by atoms with Gasteiger partial charge < -0.3 is 30.1 Å². The van der Waals surface area contributed by atoms with Gasteiger partial charge in [0, 0.05) is 36.7 Å². The number of amides is 1. The Balaban J connectivity index is 1.41. The van der Waals surface area contributed by atoms with Crippen molar-refractivity contribution in [3.8, 4) is 17.2 Å². The lowest BCUT2D eigenvalue weighted by Gasteiger charge is -2.26. The molecule has 1 atom stereocenters. The van der Waals surface area contributed by atoms with Gasteiger partial charge in [0.25, 0.3) is 5.91 Å². The van der Waals surface area contributed by atoms with Crippen LogP contribution in [0.4, 0.5) is 11.4 Å². The number of phenols is 1. The van der Waals surface area contributed by atoms with Gasteiger partial charge in [0.15, 0.2) is 11.5 Å². The normalized spacial score (nSPS) is 16.8. The van der Waals surface area contributed by atoms with Gasteiger partial charge in [0.1, 0.15) is 12.4 Å². The van der Waals surface area contributed by atoms with Crippen molar-refractivity contribution in [2.24, 2.45) is 0 Å². The summed E-state index contributed by atoms with van der Waals surface area (Å²) in [6, 6.07) is 12.4. The van der Waals surface area contributed by atoms with Crippen molar-refractivity contribution in [2.45, 2.75) is 32.2 Å². The summed E-state index contributed by atoms with van der Waals surface area (Å²) in [4.78, 5) is 32.5. The number of esters is 1. The highest BCUT2D eigenvalue weighted by molar-refractivity contribution is 6.00. The summed E-state index contributed by atoms with van der Waals surface area (Å²) in [6.45, 7) is 2.66. The molecule has 1 fully saturated rings. The first-order chi connectivity index (χ1) is 17.4. The number of likely N-dealkylation sites (tertiary alicyclic amines) is 1. The minimum Gasteiger partial charge on any atom is -0.507 e. The number of fused-ring (bicyclic) bond motifs is 3. The Morgan fingerprint density at radius 3 is 2.64 bits per heavy atom. The van der Waals surface area contributed by atoms with Crippen LogP contribution in [0.2, 0.25) is 0 Å². The number of aromatic hydroxyl groups is 1. The van der Waals surface area contributed by atoms with Gasteiger partial charge in [0.2, 0.25) is 0 Å². The number of ether oxygens (including phenoxy) is 2. The van der Waals surface area contributed by atoms with Gasteiger partial charge in [-0.1, -0.05) is 24.3 Å². The van der Waals surface area contributed by atoms with Crippen molar-refractivity contribution in [3.63, 3.8) is 0 Å². The number of phenolic OH excluding ortho intramolecular Hbond substituents is 1. The zero-order chi connectivity index (χ0) is 25.4. The molecule has 2 heterocycles. The average Bonchev–Trinajstić information content (AvgIpc) is 3.50. The Morgan fingerprint density at radius 2 is 1.89 bits per heavy atom. The number of nitrogens with zero attached hydrogens (tertiary/aromatic N) is 2. The van der Waals surface area contributed by atoms with Gasteiger partial charge in [-0.15, -0.1) is 0 Å². The molecule has 2 aliphatic rings. The molecule has 5 rings (SSSR count). The predicted octanol–water partition coefficient (Wildman–Crippen LogP) is 3.66. The quantitative estimate of drug-likeness (QED) is 0.397. The van der Waals surface area contributed by atoms with E-state index in [4.69, 9.17) is 20.0 Å². The summed E-state index contributed by atoms with van der Waals surface area (Å²) < 4.78 is 10.7. The highest BCUT2D eigenvalue weighted by Gasteiger charge is 2.32. The van der Waals surface area contributed by atoms with Crippen LogP contribution in [-0.4, -0.2) is 54.7 Å². The summed E-state index contributed by atoms with van der Waals surface area (Å²) in [5.74, 6) is 0.296. The van der Waals surface area contributed by atoms with Gasteiger partial charge in [0.05, 0.1) is 30.9 Å². The van der Waals surface area contributed by atoms with Gasteiger partial charge in [-0.2, -0.15) is 0 Å². The van der Waals surface area contributed by atoms with E-state index >= 15 is 0 Å². The highest BCUT2D eigenvalue weighted by atomic mass is 16.7. The van der Waals surface area contributed by atoms with Crippen LogP contribution in [0.3, 0.4) is 0 Å². The average molecular weight is 492 g/mol. The van der Waals surface area contributed by atoms with Gasteiger partial charge >= 0.3 is 5.97 Å². The molecule has 3 aromatic carbocycles. The van der Waals surface area contributed by atoms with Crippen molar-refractivity contribution in [1.29, 1.82) is 0 Å². The van der Waals surface area contributed by atoms with Crippen LogP contribution in [0.15, 0.2) is 42.5 Å². The number of carbonyl (C=O) groups excluding carboxylic acids is 2. The molecule has 188 valence electrons. The molecule has 9 heteroatoms. The molecule has 0 bridgehead atoms. The van der Waals surface area contributed by atoms with E-state index in [2.05, 4.69) is 0 Å². The zero-order valence-corrected chi connectivity index (χ0v) is 20.3. The molecular weight excluding hydrogens is 462 g/mol. The van der Waals surface area contributed by atoms with Crippen LogP contribution >= 0.6 is 0 Å². The minimum atomic E-state index is -0.373. The monoisotopic (exact) mass is 491 g/mol. The molecule has 1 amide bonds. The standard InChI is InChI=1S/C27H29N3O6/c1-16(31)35-15-17-6-5-10-29(17)27(33)21-12-25(34-2)26(13-22(21)28)36-30-11-9-19-18-7-3-4-8-20(18)24(32)14-23(19)30/h3-4,7-8,12-14,17,32H,5-6,9-11,15,28H2,1-2H3/t17-/m0/s1. The zero-order valence-electron chi connectivity index (χ0n) is 20.3. The maximum Gasteiger partial charge on any atom is 0.302 e. The highest BCUT2D eigenvalue weighted by Crippen LogP contribution is 2.41. The lowest BCUT2D eigenvalue weighted by molar-refractivity contribution is -0.142. The summed E-state index contributed by atoms with van der Waals surface area (Å²) in [5.41, 5.74) is 8.75. The number of nitrogens with two attached hydrogens (primary N) is 1. The number of hydrogen-bond donors (Lipinski definition) is 2. The maximum atomic E-state index is 13.3. The Kier molecular flexibility index (Phi) is 6.22. The first kappa shape index (κ1) is 23.6. The van der Waals surface area contributed by atoms with E-state index in [1.807, 2.05) is 24.3 Å². The first-order valence-corrected chi connectivity index (χ1v) is 12.0. The lowest BCUT2D eigenvalue weighted by atomic mass is 10.0. The summed E-state index contributed by atoms with van der Waals surface area (Å²) in [6.07, 6.45) is 2.34. The van der Waals surface area contributed by atoms with E-state index in [-0.39, 0.29) is 36.0 Å². The second kappa shape index (κ2) is 9.49. The molecule has 3 N–H and O–H groups in total. The molecule has 0 spiro atoms.